The minimum absolute atomic E-state index is 0.0366. The quantitative estimate of drug-likeness (QED) is 0.790. The van der Waals surface area contributed by atoms with Gasteiger partial charge < -0.3 is 15.8 Å². The third-order valence-electron chi connectivity index (χ3n) is 3.48. The van der Waals surface area contributed by atoms with Gasteiger partial charge in [0, 0.05) is 31.1 Å². The largest absolute Gasteiger partial charge is 0.375 e. The van der Waals surface area contributed by atoms with Crippen LogP contribution < -0.4 is 11.1 Å². The molecule has 20 heavy (non-hydrogen) atoms. The lowest BCUT2D eigenvalue weighted by atomic mass is 9.93. The fourth-order valence-electron chi connectivity index (χ4n) is 2.34. The normalized spacial score (nSPS) is 27.4. The molecule has 5 heteroatoms. The highest BCUT2D eigenvalue weighted by Crippen LogP contribution is 2.23. The Morgan fingerprint density at radius 1 is 1.55 bits per heavy atom. The summed E-state index contributed by atoms with van der Waals surface area (Å²) in [5.41, 5.74) is 6.65. The van der Waals surface area contributed by atoms with Crippen LogP contribution in [0.25, 0.3) is 0 Å². The van der Waals surface area contributed by atoms with Gasteiger partial charge in [0.15, 0.2) is 0 Å². The highest BCUT2D eigenvalue weighted by atomic mass is 16.5. The number of allylic oxidation sites excluding steroid dienone is 1. The smallest absolute Gasteiger partial charge is 0.233 e. The second kappa shape index (κ2) is 6.08. The maximum Gasteiger partial charge on any atom is 0.233 e. The lowest BCUT2D eigenvalue weighted by molar-refractivity contribution is -0.137. The number of nitrogens with zero attached hydrogens (tertiary/aromatic N) is 1. The molecule has 0 aromatic carbocycles. The van der Waals surface area contributed by atoms with E-state index in [1.54, 1.807) is 4.90 Å². The van der Waals surface area contributed by atoms with E-state index in [9.17, 15) is 4.79 Å². The molecule has 2 aliphatic rings. The molecule has 0 aliphatic carbocycles. The first-order valence-corrected chi connectivity index (χ1v) is 7.17. The van der Waals surface area contributed by atoms with Crippen LogP contribution in [0.15, 0.2) is 23.9 Å². The average molecular weight is 279 g/mol. The number of amides is 1. The van der Waals surface area contributed by atoms with Gasteiger partial charge in [-0.25, -0.2) is 0 Å². The van der Waals surface area contributed by atoms with Gasteiger partial charge in [0.05, 0.1) is 12.7 Å². The maximum absolute atomic E-state index is 12.4. The minimum Gasteiger partial charge on any atom is -0.375 e. The van der Waals surface area contributed by atoms with Crippen LogP contribution in [0.5, 0.6) is 0 Å². The average Bonchev–Trinajstić information content (AvgIpc) is 2.40. The lowest BCUT2D eigenvalue weighted by Gasteiger charge is -2.33. The Morgan fingerprint density at radius 2 is 2.30 bits per heavy atom. The third-order valence-corrected chi connectivity index (χ3v) is 3.48. The molecule has 1 fully saturated rings. The van der Waals surface area contributed by atoms with Gasteiger partial charge in [-0.15, -0.1) is 0 Å². The van der Waals surface area contributed by atoms with Crippen LogP contribution in [-0.4, -0.2) is 42.8 Å². The summed E-state index contributed by atoms with van der Waals surface area (Å²) in [6, 6.07) is 0. The van der Waals surface area contributed by atoms with Crippen LogP contribution in [0.1, 0.15) is 27.2 Å². The van der Waals surface area contributed by atoms with Gasteiger partial charge in [-0.2, -0.15) is 0 Å². The van der Waals surface area contributed by atoms with E-state index >= 15 is 0 Å². The molecular weight excluding hydrogens is 254 g/mol. The predicted octanol–water partition coefficient (Wildman–Crippen LogP) is 0.978. The van der Waals surface area contributed by atoms with Crippen molar-refractivity contribution in [1.82, 2.24) is 10.2 Å². The van der Waals surface area contributed by atoms with E-state index < -0.39 is 5.41 Å². The van der Waals surface area contributed by atoms with Crippen LogP contribution >= 0.6 is 0 Å². The Morgan fingerprint density at radius 3 is 2.90 bits per heavy atom. The summed E-state index contributed by atoms with van der Waals surface area (Å²) >= 11 is 0. The van der Waals surface area contributed by atoms with Crippen molar-refractivity contribution in [1.29, 1.82) is 0 Å². The number of nitrogens with one attached hydrogen (secondary N) is 1. The summed E-state index contributed by atoms with van der Waals surface area (Å²) in [6.07, 6.45) is 6.32. The van der Waals surface area contributed by atoms with Crippen molar-refractivity contribution in [3.63, 3.8) is 0 Å². The molecule has 1 amide bonds. The fourth-order valence-corrected chi connectivity index (χ4v) is 2.34. The summed E-state index contributed by atoms with van der Waals surface area (Å²) < 4.78 is 5.70. The molecule has 2 heterocycles. The molecular formula is C15H25N3O2. The lowest BCUT2D eigenvalue weighted by Crippen LogP contribution is -2.47. The Bertz CT molecular complexity index is 417. The van der Waals surface area contributed by atoms with Crippen LogP contribution in [-0.2, 0) is 9.53 Å². The summed E-state index contributed by atoms with van der Waals surface area (Å²) in [7, 11) is 0. The molecule has 0 spiro atoms. The van der Waals surface area contributed by atoms with Crippen LogP contribution in [0.4, 0.5) is 0 Å². The number of nitrogens with two attached hydrogens (primary N) is 1. The highest BCUT2D eigenvalue weighted by Gasteiger charge is 2.30. The van der Waals surface area contributed by atoms with E-state index in [1.165, 1.54) is 0 Å². The number of rotatable bonds is 2. The van der Waals surface area contributed by atoms with Crippen molar-refractivity contribution in [3.05, 3.63) is 23.9 Å². The Labute approximate surface area is 120 Å². The molecule has 0 radical (unpaired) electrons. The summed E-state index contributed by atoms with van der Waals surface area (Å²) in [4.78, 5) is 14.0. The van der Waals surface area contributed by atoms with Gasteiger partial charge in [0.2, 0.25) is 5.91 Å². The molecule has 2 aliphatic heterocycles. The Hall–Kier alpha value is -1.17. The zero-order chi connectivity index (χ0) is 14.8. The van der Waals surface area contributed by atoms with Crippen molar-refractivity contribution in [2.24, 2.45) is 11.1 Å². The number of carbonyl (C=O) groups excluding carboxylic acids is 1. The molecule has 2 unspecified atom stereocenters. The number of carbonyl (C=O) groups is 1. The molecule has 0 aromatic heterocycles. The SMILES string of the molecule is CC(C)(C)C(=O)N1C=C(CC2CNCCO2)C=CC1N. The topological polar surface area (TPSA) is 67.6 Å². The highest BCUT2D eigenvalue weighted by molar-refractivity contribution is 5.83. The van der Waals surface area contributed by atoms with Gasteiger partial charge in [-0.1, -0.05) is 26.8 Å². The van der Waals surface area contributed by atoms with Gasteiger partial charge in [0.25, 0.3) is 0 Å². The minimum atomic E-state index is -0.437. The van der Waals surface area contributed by atoms with E-state index in [-0.39, 0.29) is 18.2 Å². The standard InChI is InChI=1S/C15H25N3O2/c1-15(2,3)14(19)18-10-11(4-5-13(18)16)8-12-9-17-6-7-20-12/h4-5,10,12-13,17H,6-9,16H2,1-3H3. The first-order chi connectivity index (χ1) is 9.38. The molecule has 1 saturated heterocycles. The molecule has 112 valence electrons. The van der Waals surface area contributed by atoms with E-state index in [0.29, 0.717) is 0 Å². The maximum atomic E-state index is 12.4. The molecule has 5 nitrogen and oxygen atoms in total. The molecule has 2 atom stereocenters. The molecule has 2 rings (SSSR count). The van der Waals surface area contributed by atoms with E-state index in [0.717, 1.165) is 31.7 Å². The number of hydrogen-bond acceptors (Lipinski definition) is 4. The van der Waals surface area contributed by atoms with Gasteiger partial charge in [-0.05, 0) is 11.6 Å². The summed E-state index contributed by atoms with van der Waals surface area (Å²) in [5.74, 6) is 0.0366. The number of morpholine rings is 1. The van der Waals surface area contributed by atoms with E-state index in [1.807, 2.05) is 39.1 Å². The van der Waals surface area contributed by atoms with Gasteiger partial charge in [-0.3, -0.25) is 9.69 Å². The second-order valence-corrected chi connectivity index (χ2v) is 6.42. The van der Waals surface area contributed by atoms with Crippen molar-refractivity contribution in [3.8, 4) is 0 Å². The fraction of sp³-hybridized carbons (Fsp3) is 0.667. The predicted molar refractivity (Wildman–Crippen MR) is 78.7 cm³/mol. The first-order valence-electron chi connectivity index (χ1n) is 7.17. The zero-order valence-corrected chi connectivity index (χ0v) is 12.6. The number of hydrogen-bond donors (Lipinski definition) is 2. The zero-order valence-electron chi connectivity index (χ0n) is 12.6. The Balaban J connectivity index is 2.05. The molecule has 3 N–H and O–H groups in total. The first kappa shape index (κ1) is 15.2. The van der Waals surface area contributed by atoms with Crippen LogP contribution in [0.3, 0.4) is 0 Å². The van der Waals surface area contributed by atoms with Crippen molar-refractivity contribution < 1.29 is 9.53 Å². The van der Waals surface area contributed by atoms with Crippen molar-refractivity contribution in [2.75, 3.05) is 19.7 Å². The number of ether oxygens (including phenoxy) is 1. The summed E-state index contributed by atoms with van der Waals surface area (Å²) in [5, 5.41) is 3.31. The molecule has 0 bridgehead atoms. The van der Waals surface area contributed by atoms with Crippen molar-refractivity contribution >= 4 is 5.91 Å². The van der Waals surface area contributed by atoms with Gasteiger partial charge in [0.1, 0.15) is 6.17 Å². The van der Waals surface area contributed by atoms with Gasteiger partial charge >= 0.3 is 0 Å². The van der Waals surface area contributed by atoms with Crippen LogP contribution in [0.2, 0.25) is 0 Å². The van der Waals surface area contributed by atoms with E-state index in [4.69, 9.17) is 10.5 Å². The monoisotopic (exact) mass is 279 g/mol. The van der Waals surface area contributed by atoms with Crippen LogP contribution in [0, 0.1) is 5.41 Å². The van der Waals surface area contributed by atoms with Crippen molar-refractivity contribution in [2.45, 2.75) is 39.5 Å². The molecule has 0 saturated carbocycles. The van der Waals surface area contributed by atoms with E-state index in [2.05, 4.69) is 5.32 Å². The third kappa shape index (κ3) is 3.69. The summed E-state index contributed by atoms with van der Waals surface area (Å²) in [6.45, 7) is 8.22. The second-order valence-electron chi connectivity index (χ2n) is 6.42. The molecule has 0 aromatic rings. The Kier molecular flexibility index (Phi) is 4.62.